The molecule has 98 valence electrons. The summed E-state index contributed by atoms with van der Waals surface area (Å²) in [5.74, 6) is 1.17. The number of nitrogens with one attached hydrogen (secondary N) is 1. The Morgan fingerprint density at radius 2 is 1.89 bits per heavy atom. The van der Waals surface area contributed by atoms with Crippen molar-refractivity contribution >= 4 is 11.8 Å². The molecule has 0 atom stereocenters. The highest BCUT2D eigenvalue weighted by atomic mass is 16.5. The van der Waals surface area contributed by atoms with Crippen molar-refractivity contribution in [3.63, 3.8) is 0 Å². The van der Waals surface area contributed by atoms with Crippen LogP contribution in [0.3, 0.4) is 0 Å². The van der Waals surface area contributed by atoms with E-state index in [1.807, 2.05) is 31.2 Å². The van der Waals surface area contributed by atoms with Gasteiger partial charge in [0.2, 0.25) is 5.88 Å². The molecule has 0 unspecified atom stereocenters. The lowest BCUT2D eigenvalue weighted by molar-refractivity contribution is 0.187. The van der Waals surface area contributed by atoms with Gasteiger partial charge in [-0.25, -0.2) is 9.78 Å². The number of benzene rings is 1. The molecule has 0 aliphatic carbocycles. The van der Waals surface area contributed by atoms with Crippen LogP contribution in [0, 0.1) is 6.92 Å². The van der Waals surface area contributed by atoms with Crippen LogP contribution < -0.4 is 10.1 Å². The Balaban J connectivity index is 2.02. The van der Waals surface area contributed by atoms with Crippen molar-refractivity contribution in [3.05, 3.63) is 48.2 Å². The van der Waals surface area contributed by atoms with Crippen LogP contribution in [0.25, 0.3) is 0 Å². The first kappa shape index (κ1) is 12.9. The van der Waals surface area contributed by atoms with Gasteiger partial charge in [0.15, 0.2) is 0 Å². The van der Waals surface area contributed by atoms with E-state index in [-0.39, 0.29) is 0 Å². The molecule has 19 heavy (non-hydrogen) atoms. The molecule has 2 rings (SSSR count). The Hall–Kier alpha value is -2.56. The van der Waals surface area contributed by atoms with E-state index in [1.54, 1.807) is 12.1 Å². The van der Waals surface area contributed by atoms with Crippen LogP contribution >= 0.6 is 0 Å². The number of aromatic nitrogens is 1. The molecule has 5 heteroatoms. The first-order valence-corrected chi connectivity index (χ1v) is 5.73. The minimum Gasteiger partial charge on any atom is -0.453 e. The van der Waals surface area contributed by atoms with E-state index in [4.69, 9.17) is 4.74 Å². The van der Waals surface area contributed by atoms with Gasteiger partial charge in [-0.05, 0) is 25.1 Å². The lowest BCUT2D eigenvalue weighted by Crippen LogP contribution is -2.10. The third kappa shape index (κ3) is 3.70. The third-order valence-electron chi connectivity index (χ3n) is 2.41. The number of anilines is 1. The Morgan fingerprint density at radius 1 is 1.16 bits per heavy atom. The quantitative estimate of drug-likeness (QED) is 0.917. The summed E-state index contributed by atoms with van der Waals surface area (Å²) < 4.78 is 10.0. The van der Waals surface area contributed by atoms with Crippen molar-refractivity contribution in [1.29, 1.82) is 0 Å². The summed E-state index contributed by atoms with van der Waals surface area (Å²) in [4.78, 5) is 15.1. The fraction of sp³-hybridized carbons (Fsp3) is 0.143. The molecule has 0 fully saturated rings. The molecular formula is C14H14N2O3. The van der Waals surface area contributed by atoms with Crippen LogP contribution in [0.1, 0.15) is 5.56 Å². The number of ether oxygens (including phenoxy) is 2. The van der Waals surface area contributed by atoms with Crippen LogP contribution in [0.2, 0.25) is 0 Å². The fourth-order valence-corrected chi connectivity index (χ4v) is 1.41. The number of aryl methyl sites for hydroxylation is 1. The van der Waals surface area contributed by atoms with Crippen LogP contribution in [-0.4, -0.2) is 18.2 Å². The van der Waals surface area contributed by atoms with Gasteiger partial charge in [0.1, 0.15) is 5.75 Å². The SMILES string of the molecule is COC(=O)Nc1ccc(Oc2ccc(C)cc2)nc1. The summed E-state index contributed by atoms with van der Waals surface area (Å²) in [6.07, 6.45) is 0.967. The van der Waals surface area contributed by atoms with Crippen LogP contribution in [0.4, 0.5) is 10.5 Å². The van der Waals surface area contributed by atoms with Gasteiger partial charge >= 0.3 is 6.09 Å². The Labute approximate surface area is 111 Å². The number of carbonyl (C=O) groups excluding carboxylic acids is 1. The Bertz CT molecular complexity index is 550. The van der Waals surface area contributed by atoms with E-state index < -0.39 is 6.09 Å². The molecule has 1 N–H and O–H groups in total. The predicted molar refractivity (Wildman–Crippen MR) is 71.5 cm³/mol. The monoisotopic (exact) mass is 258 g/mol. The zero-order chi connectivity index (χ0) is 13.7. The van der Waals surface area contributed by atoms with Gasteiger partial charge in [-0.3, -0.25) is 5.32 Å². The van der Waals surface area contributed by atoms with Crippen molar-refractivity contribution in [3.8, 4) is 11.6 Å². The van der Waals surface area contributed by atoms with Crippen molar-refractivity contribution in [2.45, 2.75) is 6.92 Å². The average Bonchev–Trinajstić information content (AvgIpc) is 2.43. The molecule has 2 aromatic rings. The van der Waals surface area contributed by atoms with Gasteiger partial charge in [0, 0.05) is 6.07 Å². The smallest absolute Gasteiger partial charge is 0.411 e. The number of nitrogens with zero attached hydrogens (tertiary/aromatic N) is 1. The van der Waals surface area contributed by atoms with Gasteiger partial charge < -0.3 is 9.47 Å². The van der Waals surface area contributed by atoms with E-state index in [2.05, 4.69) is 15.0 Å². The van der Waals surface area contributed by atoms with Crippen LogP contribution in [-0.2, 0) is 4.74 Å². The molecule has 0 aliphatic rings. The summed E-state index contributed by atoms with van der Waals surface area (Å²) in [5, 5.41) is 2.51. The second kappa shape index (κ2) is 5.86. The lowest BCUT2D eigenvalue weighted by atomic mass is 10.2. The van der Waals surface area contributed by atoms with Gasteiger partial charge in [0.05, 0.1) is 19.0 Å². The molecule has 0 aliphatic heterocycles. The highest BCUT2D eigenvalue weighted by Gasteiger charge is 2.02. The summed E-state index contributed by atoms with van der Waals surface area (Å²) >= 11 is 0. The topological polar surface area (TPSA) is 60.5 Å². The van der Waals surface area contributed by atoms with E-state index in [9.17, 15) is 4.79 Å². The van der Waals surface area contributed by atoms with Crippen LogP contribution in [0.5, 0.6) is 11.6 Å². The summed E-state index contributed by atoms with van der Waals surface area (Å²) in [6, 6.07) is 11.0. The molecule has 0 saturated heterocycles. The van der Waals surface area contributed by atoms with E-state index in [0.717, 1.165) is 5.56 Å². The predicted octanol–water partition coefficient (Wildman–Crippen LogP) is 3.36. The molecule has 1 heterocycles. The number of carbonyl (C=O) groups is 1. The number of pyridine rings is 1. The summed E-state index contributed by atoms with van der Waals surface area (Å²) in [7, 11) is 1.30. The number of rotatable bonds is 3. The second-order valence-electron chi connectivity index (χ2n) is 3.92. The number of amides is 1. The van der Waals surface area contributed by atoms with Gasteiger partial charge in [-0.15, -0.1) is 0 Å². The maximum absolute atomic E-state index is 11.0. The lowest BCUT2D eigenvalue weighted by Gasteiger charge is -2.06. The molecule has 5 nitrogen and oxygen atoms in total. The molecular weight excluding hydrogens is 244 g/mol. The van der Waals surface area contributed by atoms with Crippen molar-refractivity contribution in [1.82, 2.24) is 4.98 Å². The molecule has 0 radical (unpaired) electrons. The molecule has 1 aromatic carbocycles. The highest BCUT2D eigenvalue weighted by molar-refractivity contribution is 5.84. The van der Waals surface area contributed by atoms with Crippen molar-refractivity contribution in [2.24, 2.45) is 0 Å². The fourth-order valence-electron chi connectivity index (χ4n) is 1.41. The summed E-state index contributed by atoms with van der Waals surface area (Å²) in [6.45, 7) is 2.01. The molecule has 0 saturated carbocycles. The largest absolute Gasteiger partial charge is 0.453 e. The summed E-state index contributed by atoms with van der Waals surface area (Å²) in [5.41, 5.74) is 1.71. The minimum absolute atomic E-state index is 0.458. The number of methoxy groups -OCH3 is 1. The van der Waals surface area contributed by atoms with E-state index >= 15 is 0 Å². The van der Waals surface area contributed by atoms with Crippen molar-refractivity contribution < 1.29 is 14.3 Å². The van der Waals surface area contributed by atoms with E-state index in [0.29, 0.717) is 17.3 Å². The first-order valence-electron chi connectivity index (χ1n) is 5.73. The normalized spacial score (nSPS) is 9.79. The maximum Gasteiger partial charge on any atom is 0.411 e. The third-order valence-corrected chi connectivity index (χ3v) is 2.41. The Kier molecular flexibility index (Phi) is 3.97. The molecule has 0 bridgehead atoms. The highest BCUT2D eigenvalue weighted by Crippen LogP contribution is 2.20. The Morgan fingerprint density at radius 3 is 2.47 bits per heavy atom. The second-order valence-corrected chi connectivity index (χ2v) is 3.92. The molecule has 1 aromatic heterocycles. The minimum atomic E-state index is -0.533. The zero-order valence-electron chi connectivity index (χ0n) is 10.7. The van der Waals surface area contributed by atoms with Crippen molar-refractivity contribution in [2.75, 3.05) is 12.4 Å². The van der Waals surface area contributed by atoms with Crippen LogP contribution in [0.15, 0.2) is 42.6 Å². The average molecular weight is 258 g/mol. The van der Waals surface area contributed by atoms with E-state index in [1.165, 1.54) is 13.3 Å². The molecule has 1 amide bonds. The first-order chi connectivity index (χ1) is 9.17. The standard InChI is InChI=1S/C14H14N2O3/c1-10-3-6-12(7-4-10)19-13-8-5-11(9-15-13)16-14(17)18-2/h3-9H,1-2H3,(H,16,17). The number of hydrogen-bond donors (Lipinski definition) is 1. The van der Waals surface area contributed by atoms with Gasteiger partial charge in [-0.2, -0.15) is 0 Å². The maximum atomic E-state index is 11.0. The zero-order valence-corrected chi connectivity index (χ0v) is 10.7. The van der Waals surface area contributed by atoms with Gasteiger partial charge in [-0.1, -0.05) is 17.7 Å². The van der Waals surface area contributed by atoms with Gasteiger partial charge in [0.25, 0.3) is 0 Å². The number of hydrogen-bond acceptors (Lipinski definition) is 4. The molecule has 0 spiro atoms.